The smallest absolute Gasteiger partial charge is 0.175 e. The van der Waals surface area contributed by atoms with Crippen molar-refractivity contribution in [3.05, 3.63) is 24.3 Å². The monoisotopic (exact) mass is 299 g/mol. The lowest BCUT2D eigenvalue weighted by molar-refractivity contribution is 0.173. The summed E-state index contributed by atoms with van der Waals surface area (Å²) in [7, 11) is -3.19. The number of sulfone groups is 1. The molecule has 5 heteroatoms. The van der Waals surface area contributed by atoms with Crippen LogP contribution in [0.2, 0.25) is 0 Å². The lowest BCUT2D eigenvalue weighted by Gasteiger charge is -2.26. The van der Waals surface area contributed by atoms with Crippen molar-refractivity contribution in [2.45, 2.75) is 38.6 Å². The normalized spacial score (nSPS) is 12.7. The molecule has 0 aromatic heterocycles. The molecule has 4 nitrogen and oxygen atoms in total. The Bertz CT molecular complexity index is 536. The highest BCUT2D eigenvalue weighted by molar-refractivity contribution is 7.90. The molecule has 0 aliphatic carbocycles. The number of nitrogens with one attached hydrogen (secondary N) is 1. The third-order valence-electron chi connectivity index (χ3n) is 2.85. The Balaban J connectivity index is 2.66. The Kier molecular flexibility index (Phi) is 5.59. The van der Waals surface area contributed by atoms with Crippen LogP contribution in [0.3, 0.4) is 0 Å². The zero-order chi connectivity index (χ0) is 15.4. The number of benzene rings is 1. The van der Waals surface area contributed by atoms with E-state index in [0.717, 1.165) is 6.54 Å². The molecule has 1 N–H and O–H groups in total. The molecule has 0 bridgehead atoms. The predicted octanol–water partition coefficient (Wildman–Crippen LogP) is 2.49. The number of hydrogen-bond acceptors (Lipinski definition) is 4. The molecule has 0 radical (unpaired) electrons. The highest BCUT2D eigenvalue weighted by Gasteiger charge is 2.19. The number of rotatable bonds is 7. The second-order valence-electron chi connectivity index (χ2n) is 6.24. The molecular formula is C15H25NO3S. The van der Waals surface area contributed by atoms with Crippen LogP contribution in [0.4, 0.5) is 0 Å². The first-order chi connectivity index (χ1) is 9.10. The summed E-state index contributed by atoms with van der Waals surface area (Å²) in [6, 6.07) is 7.06. The van der Waals surface area contributed by atoms with Gasteiger partial charge in [-0.1, -0.05) is 33.8 Å². The summed E-state index contributed by atoms with van der Waals surface area (Å²) in [5.74, 6) is 0.588. The molecule has 0 heterocycles. The van der Waals surface area contributed by atoms with Gasteiger partial charge >= 0.3 is 0 Å². The fraction of sp³-hybridized carbons (Fsp3) is 0.600. The van der Waals surface area contributed by atoms with Gasteiger partial charge in [0.2, 0.25) is 0 Å². The number of hydrogen-bond donors (Lipinski definition) is 1. The second-order valence-corrected chi connectivity index (χ2v) is 8.25. The number of ether oxygens (including phenoxy) is 1. The van der Waals surface area contributed by atoms with Crippen molar-refractivity contribution in [2.75, 3.05) is 19.4 Å². The maximum absolute atomic E-state index is 11.5. The first-order valence-electron chi connectivity index (χ1n) is 6.76. The minimum absolute atomic E-state index is 0.0225. The largest absolute Gasteiger partial charge is 0.493 e. The summed E-state index contributed by atoms with van der Waals surface area (Å²) >= 11 is 0. The van der Waals surface area contributed by atoms with Crippen LogP contribution < -0.4 is 10.1 Å². The van der Waals surface area contributed by atoms with Gasteiger partial charge in [0.25, 0.3) is 0 Å². The zero-order valence-electron chi connectivity index (χ0n) is 12.9. The second kappa shape index (κ2) is 6.59. The van der Waals surface area contributed by atoms with E-state index in [1.165, 1.54) is 6.26 Å². The van der Waals surface area contributed by atoms with E-state index in [0.29, 0.717) is 18.4 Å². The Hall–Kier alpha value is -1.07. The lowest BCUT2D eigenvalue weighted by atomic mass is 9.94. The topological polar surface area (TPSA) is 55.4 Å². The third-order valence-corrected chi connectivity index (χ3v) is 3.96. The molecule has 0 unspecified atom stereocenters. The van der Waals surface area contributed by atoms with E-state index in [9.17, 15) is 8.42 Å². The first kappa shape index (κ1) is 17.0. The highest BCUT2D eigenvalue weighted by atomic mass is 32.2. The van der Waals surface area contributed by atoms with Crippen LogP contribution in [-0.4, -0.2) is 33.9 Å². The van der Waals surface area contributed by atoms with Crippen molar-refractivity contribution in [1.82, 2.24) is 5.32 Å². The summed E-state index contributed by atoms with van der Waals surface area (Å²) in [5.41, 5.74) is -0.0225. The molecule has 0 amide bonds. The van der Waals surface area contributed by atoms with Crippen LogP contribution >= 0.6 is 0 Å². The SMILES string of the molecule is CC(C)NCC(C)(C)COc1cccc(S(C)(=O)=O)c1. The molecule has 1 aromatic rings. The van der Waals surface area contributed by atoms with Gasteiger partial charge in [-0.25, -0.2) is 8.42 Å². The van der Waals surface area contributed by atoms with E-state index in [1.807, 2.05) is 0 Å². The van der Waals surface area contributed by atoms with Crippen molar-refractivity contribution in [2.24, 2.45) is 5.41 Å². The van der Waals surface area contributed by atoms with Crippen LogP contribution in [0, 0.1) is 5.41 Å². The van der Waals surface area contributed by atoms with Gasteiger partial charge in [-0.15, -0.1) is 0 Å². The van der Waals surface area contributed by atoms with Crippen molar-refractivity contribution in [1.29, 1.82) is 0 Å². The molecule has 0 aliphatic rings. The molecule has 114 valence electrons. The van der Waals surface area contributed by atoms with Crippen LogP contribution in [-0.2, 0) is 9.84 Å². The van der Waals surface area contributed by atoms with E-state index < -0.39 is 9.84 Å². The van der Waals surface area contributed by atoms with Gasteiger partial charge in [0.1, 0.15) is 5.75 Å². The van der Waals surface area contributed by atoms with Crippen molar-refractivity contribution < 1.29 is 13.2 Å². The molecular weight excluding hydrogens is 274 g/mol. The molecule has 0 spiro atoms. The minimum Gasteiger partial charge on any atom is -0.493 e. The maximum atomic E-state index is 11.5. The van der Waals surface area contributed by atoms with Crippen LogP contribution in [0.25, 0.3) is 0 Å². The van der Waals surface area contributed by atoms with Gasteiger partial charge in [-0.05, 0) is 18.2 Å². The molecule has 0 saturated heterocycles. The molecule has 0 saturated carbocycles. The van der Waals surface area contributed by atoms with E-state index in [1.54, 1.807) is 24.3 Å². The summed E-state index contributed by atoms with van der Waals surface area (Å²) < 4.78 is 28.7. The average molecular weight is 299 g/mol. The van der Waals surface area contributed by atoms with Gasteiger partial charge in [0.15, 0.2) is 9.84 Å². The van der Waals surface area contributed by atoms with E-state index >= 15 is 0 Å². The Labute approximate surface area is 122 Å². The van der Waals surface area contributed by atoms with Crippen molar-refractivity contribution in [3.8, 4) is 5.75 Å². The molecule has 20 heavy (non-hydrogen) atoms. The third kappa shape index (κ3) is 5.92. The quantitative estimate of drug-likeness (QED) is 0.840. The van der Waals surface area contributed by atoms with Crippen LogP contribution in [0.15, 0.2) is 29.2 Å². The Morgan fingerprint density at radius 1 is 1.30 bits per heavy atom. The zero-order valence-corrected chi connectivity index (χ0v) is 13.8. The first-order valence-corrected chi connectivity index (χ1v) is 8.66. The minimum atomic E-state index is -3.19. The van der Waals surface area contributed by atoms with Gasteiger partial charge in [-0.2, -0.15) is 0 Å². The van der Waals surface area contributed by atoms with Crippen molar-refractivity contribution in [3.63, 3.8) is 0 Å². The fourth-order valence-corrected chi connectivity index (χ4v) is 2.26. The van der Waals surface area contributed by atoms with Gasteiger partial charge in [0, 0.05) is 24.3 Å². The standard InChI is InChI=1S/C15H25NO3S/c1-12(2)16-10-15(3,4)11-19-13-7-6-8-14(9-13)20(5,17)18/h6-9,12,16H,10-11H2,1-5H3. The molecule has 1 rings (SSSR count). The molecule has 1 aromatic carbocycles. The summed E-state index contributed by atoms with van der Waals surface area (Å²) in [5, 5.41) is 3.38. The Morgan fingerprint density at radius 2 is 1.95 bits per heavy atom. The van der Waals surface area contributed by atoms with Crippen molar-refractivity contribution >= 4 is 9.84 Å². The molecule has 0 aliphatic heterocycles. The van der Waals surface area contributed by atoms with Gasteiger partial charge in [-0.3, -0.25) is 0 Å². The van der Waals surface area contributed by atoms with Crippen LogP contribution in [0.5, 0.6) is 5.75 Å². The van der Waals surface area contributed by atoms with E-state index in [-0.39, 0.29) is 10.3 Å². The molecule has 0 fully saturated rings. The lowest BCUT2D eigenvalue weighted by Crippen LogP contribution is -2.37. The highest BCUT2D eigenvalue weighted by Crippen LogP contribution is 2.21. The maximum Gasteiger partial charge on any atom is 0.175 e. The Morgan fingerprint density at radius 3 is 2.50 bits per heavy atom. The van der Waals surface area contributed by atoms with E-state index in [4.69, 9.17) is 4.74 Å². The summed E-state index contributed by atoms with van der Waals surface area (Å²) in [6.07, 6.45) is 1.20. The van der Waals surface area contributed by atoms with Crippen LogP contribution in [0.1, 0.15) is 27.7 Å². The average Bonchev–Trinajstić information content (AvgIpc) is 2.34. The van der Waals surface area contributed by atoms with E-state index in [2.05, 4.69) is 33.0 Å². The summed E-state index contributed by atoms with van der Waals surface area (Å²) in [4.78, 5) is 0.285. The predicted molar refractivity (Wildman–Crippen MR) is 82.0 cm³/mol. The summed E-state index contributed by atoms with van der Waals surface area (Å²) in [6.45, 7) is 9.81. The molecule has 0 atom stereocenters. The van der Waals surface area contributed by atoms with Gasteiger partial charge < -0.3 is 10.1 Å². The van der Waals surface area contributed by atoms with Gasteiger partial charge in [0.05, 0.1) is 11.5 Å². The fourth-order valence-electron chi connectivity index (χ4n) is 1.60.